The van der Waals surface area contributed by atoms with Crippen LogP contribution in [0.1, 0.15) is 43.6 Å². The molecular weight excluding hydrogens is 995 g/mol. The summed E-state index contributed by atoms with van der Waals surface area (Å²) in [7, 11) is -7.08. The van der Waals surface area contributed by atoms with Crippen LogP contribution < -0.4 is 40.7 Å². The summed E-state index contributed by atoms with van der Waals surface area (Å²) in [6, 6.07) is 6.59. The van der Waals surface area contributed by atoms with Crippen molar-refractivity contribution in [1.29, 1.82) is 0 Å². The lowest BCUT2D eigenvalue weighted by Gasteiger charge is -2.37. The summed E-state index contributed by atoms with van der Waals surface area (Å²) in [5, 5.41) is 37.2. The number of imidazole rings is 1. The Morgan fingerprint density at radius 2 is 1.60 bits per heavy atom. The SMILES string of the molecule is COc1cc2c(c(Cl)c1O)Oc1c(cc(OC)c(O)c1Cl)C21OC(=O)c2ccc(C(=O)NCCNC(=O)O[C@H]3[C@@H](O)[C@H]([n+]4cn(C)c5c(=O)[nH]c(N)nc54)O[C@@H]3COP(=O)(O)OP(=O)(O)O)cc21. The van der Waals surface area contributed by atoms with E-state index < -0.39 is 87.4 Å². The number of nitrogens with zero attached hydrogens (tertiary/aromatic N) is 3. The number of phenols is 2. The number of aromatic nitrogens is 4. The Morgan fingerprint density at radius 3 is 2.21 bits per heavy atom. The van der Waals surface area contributed by atoms with Gasteiger partial charge in [-0.25, -0.2) is 23.3 Å². The van der Waals surface area contributed by atoms with Crippen molar-refractivity contribution in [3.05, 3.63) is 84.9 Å². The minimum absolute atomic E-state index is 0.0101. The molecule has 3 aromatic carbocycles. The number of nitrogens with two attached hydrogens (primary N) is 1. The summed E-state index contributed by atoms with van der Waals surface area (Å²) in [4.78, 5) is 87.5. The van der Waals surface area contributed by atoms with Crippen molar-refractivity contribution in [2.75, 3.05) is 39.6 Å². The van der Waals surface area contributed by atoms with E-state index in [-0.39, 0.29) is 91.1 Å². The molecule has 1 unspecified atom stereocenters. The van der Waals surface area contributed by atoms with E-state index >= 15 is 0 Å². The highest BCUT2D eigenvalue weighted by Crippen LogP contribution is 2.63. The number of aliphatic hydroxyl groups is 1. The zero-order valence-corrected chi connectivity index (χ0v) is 38.2. The van der Waals surface area contributed by atoms with E-state index in [0.717, 1.165) is 4.57 Å². The number of amides is 2. The monoisotopic (exact) mass is 1030 g/mol. The highest BCUT2D eigenvalue weighted by Gasteiger charge is 2.56. The maximum absolute atomic E-state index is 13.7. The molecule has 1 spiro atoms. The van der Waals surface area contributed by atoms with Crippen LogP contribution in [0.4, 0.5) is 10.7 Å². The van der Waals surface area contributed by atoms with E-state index in [4.69, 9.17) is 71.7 Å². The standard InChI is InChI=1S/C37H35Cl2N7O20P2/c1-45-12-46(30-23(45)32(51)44-35(40)43-30)33-26(49)29(20(62-33)11-61-68(57,58)66-67(54,55)56)64-36(53)42-7-6-41-31(50)13-4-5-14-15(8-13)37(65-34(14)52)16-9-18(59-2)24(47)21(38)27(16)63-28-17(37)10-19(60-3)25(48)22(28)39/h4-5,8-10,12,20,26,29,33,49H,6-7,11H2,1-3H3,(H9-,40,41,42,43,44,47,48,50,51,53,54,55,56,57,58)/p+1/t20-,26-,29-,33-/m1/s1. The molecule has 5 atom stereocenters. The zero-order chi connectivity index (χ0) is 49.4. The molecule has 8 rings (SSSR count). The first-order valence-corrected chi connectivity index (χ1v) is 23.1. The quantitative estimate of drug-likeness (QED) is 0.0345. The van der Waals surface area contributed by atoms with Gasteiger partial charge in [0.05, 0.1) is 44.6 Å². The molecule has 0 aliphatic carbocycles. The fourth-order valence-electron chi connectivity index (χ4n) is 7.90. The van der Waals surface area contributed by atoms with Crippen molar-refractivity contribution in [2.45, 2.75) is 30.1 Å². The third-order valence-corrected chi connectivity index (χ3v) is 13.6. The summed E-state index contributed by atoms with van der Waals surface area (Å²) in [6.07, 6.45) is -6.75. The highest BCUT2D eigenvalue weighted by molar-refractivity contribution is 7.60. The number of hydrogen-bond donors (Lipinski definition) is 10. The maximum Gasteiger partial charge on any atom is 0.481 e. The number of aromatic amines is 1. The van der Waals surface area contributed by atoms with Crippen molar-refractivity contribution in [3.63, 3.8) is 0 Å². The van der Waals surface area contributed by atoms with Gasteiger partial charge in [0.25, 0.3) is 17.4 Å². The van der Waals surface area contributed by atoms with Gasteiger partial charge in [0.2, 0.25) is 11.7 Å². The van der Waals surface area contributed by atoms with E-state index in [1.165, 1.54) is 62.5 Å². The zero-order valence-electron chi connectivity index (χ0n) is 34.9. The second kappa shape index (κ2) is 17.7. The molecule has 362 valence electrons. The molecule has 0 bridgehead atoms. The molecule has 2 amide bonds. The lowest BCUT2D eigenvalue weighted by molar-refractivity contribution is -0.745. The smallest absolute Gasteiger partial charge is 0.481 e. The van der Waals surface area contributed by atoms with Crippen molar-refractivity contribution in [3.8, 4) is 34.5 Å². The molecule has 0 radical (unpaired) electrons. The Kier molecular flexibility index (Phi) is 12.6. The highest BCUT2D eigenvalue weighted by atomic mass is 35.5. The lowest BCUT2D eigenvalue weighted by atomic mass is 9.77. The predicted molar refractivity (Wildman–Crippen MR) is 227 cm³/mol. The third-order valence-electron chi connectivity index (χ3n) is 10.8. The summed E-state index contributed by atoms with van der Waals surface area (Å²) < 4.78 is 68.6. The van der Waals surface area contributed by atoms with Gasteiger partial charge >= 0.3 is 33.4 Å². The number of benzene rings is 3. The Balaban J connectivity index is 1.01. The van der Waals surface area contributed by atoms with Crippen molar-refractivity contribution in [1.82, 2.24) is 25.2 Å². The second-order valence-corrected chi connectivity index (χ2v) is 18.5. The molecule has 5 aromatic rings. The van der Waals surface area contributed by atoms with Gasteiger partial charge < -0.3 is 74.8 Å². The van der Waals surface area contributed by atoms with E-state index in [1.807, 2.05) is 0 Å². The van der Waals surface area contributed by atoms with Crippen LogP contribution in [0.3, 0.4) is 0 Å². The number of alkyl carbamates (subject to hydrolysis) is 1. The van der Waals surface area contributed by atoms with Crippen LogP contribution in [-0.2, 0) is 44.8 Å². The Labute approximate surface area is 389 Å². The van der Waals surface area contributed by atoms with Gasteiger partial charge in [-0.2, -0.15) is 4.31 Å². The molecule has 1 saturated heterocycles. The van der Waals surface area contributed by atoms with Gasteiger partial charge in [0.15, 0.2) is 58.6 Å². The third kappa shape index (κ3) is 8.40. The number of phosphoric acid groups is 2. The van der Waals surface area contributed by atoms with Crippen molar-refractivity contribution < 1.29 is 95.3 Å². The molecule has 5 heterocycles. The van der Waals surface area contributed by atoms with Gasteiger partial charge in [-0.15, -0.1) is 0 Å². The number of fused-ring (bicyclic) bond motifs is 7. The van der Waals surface area contributed by atoms with Crippen molar-refractivity contribution >= 4 is 73.9 Å². The Bertz CT molecular complexity index is 3040. The van der Waals surface area contributed by atoms with E-state index in [1.54, 1.807) is 0 Å². The van der Waals surface area contributed by atoms with Crippen LogP contribution in [0.15, 0.2) is 41.5 Å². The van der Waals surface area contributed by atoms with Gasteiger partial charge in [0, 0.05) is 24.2 Å². The summed E-state index contributed by atoms with van der Waals surface area (Å²) in [5.41, 5.74) is 3.01. The number of halogens is 2. The Hall–Kier alpha value is -6.22. The number of aryl methyl sites for hydroxylation is 1. The molecule has 68 heavy (non-hydrogen) atoms. The number of aliphatic hydroxyl groups excluding tert-OH is 1. The number of phenolic OH excluding ortho intramolecular Hbond substituents is 2. The molecule has 0 saturated carbocycles. The number of nitrogen functional groups attached to an aromatic ring is 1. The molecule has 2 aromatic heterocycles. The minimum Gasteiger partial charge on any atom is -0.503 e. The van der Waals surface area contributed by atoms with Crippen LogP contribution >= 0.6 is 38.8 Å². The molecule has 3 aliphatic heterocycles. The Morgan fingerprint density at radius 1 is 0.985 bits per heavy atom. The maximum atomic E-state index is 13.7. The van der Waals surface area contributed by atoms with E-state index in [0.29, 0.717) is 0 Å². The number of aromatic hydroxyl groups is 2. The first-order chi connectivity index (χ1) is 32.0. The fourth-order valence-corrected chi connectivity index (χ4v) is 9.97. The first kappa shape index (κ1) is 48.2. The van der Waals surface area contributed by atoms with Crippen LogP contribution in [0.25, 0.3) is 11.2 Å². The lowest BCUT2D eigenvalue weighted by Crippen LogP contribution is -2.47. The van der Waals surface area contributed by atoms with Crippen LogP contribution in [0, 0.1) is 0 Å². The van der Waals surface area contributed by atoms with E-state index in [2.05, 4.69) is 24.9 Å². The summed E-state index contributed by atoms with van der Waals surface area (Å²) in [6.45, 7) is -1.67. The molecule has 3 aliphatic rings. The minimum atomic E-state index is -5.55. The second-order valence-electron chi connectivity index (χ2n) is 14.9. The molecule has 11 N–H and O–H groups in total. The number of rotatable bonds is 13. The summed E-state index contributed by atoms with van der Waals surface area (Å²) >= 11 is 13.1. The average Bonchev–Trinajstić information content (AvgIpc) is 3.87. The number of hydrogen-bond acceptors (Lipinski definition) is 19. The topological polar surface area (TPSA) is 385 Å². The number of anilines is 1. The molecular formula is C37H36Cl2N7O20P2+. The number of nitrogens with one attached hydrogen (secondary N) is 3. The summed E-state index contributed by atoms with van der Waals surface area (Å²) in [5.74, 6) is -3.72. The number of phosphoric ester groups is 1. The van der Waals surface area contributed by atoms with Gasteiger partial charge in [0.1, 0.15) is 16.1 Å². The van der Waals surface area contributed by atoms with Crippen molar-refractivity contribution in [2.24, 2.45) is 7.05 Å². The fraction of sp³-hybridized carbons (Fsp3) is 0.297. The predicted octanol–water partition coefficient (Wildman–Crippen LogP) is 1.44. The number of H-pyrrole nitrogens is 1. The molecule has 1 fully saturated rings. The average molecular weight is 1030 g/mol. The van der Waals surface area contributed by atoms with Crippen LogP contribution in [0.5, 0.6) is 34.5 Å². The number of carbonyl (C=O) groups excluding carboxylic acids is 3. The first-order valence-electron chi connectivity index (χ1n) is 19.3. The van der Waals surface area contributed by atoms with Crippen LogP contribution in [-0.4, -0.2) is 115 Å². The van der Waals surface area contributed by atoms with Crippen LogP contribution in [0.2, 0.25) is 10.0 Å². The molecule has 27 nitrogen and oxygen atoms in total. The number of esters is 1. The van der Waals surface area contributed by atoms with Gasteiger partial charge in [-0.3, -0.25) is 23.7 Å². The van der Waals surface area contributed by atoms with E-state index in [9.17, 15) is 48.5 Å². The number of methoxy groups -OCH3 is 2. The van der Waals surface area contributed by atoms with Gasteiger partial charge in [-0.1, -0.05) is 28.2 Å². The number of carbonyl (C=O) groups is 3. The number of ether oxygens (including phenoxy) is 6. The molecule has 31 heteroatoms. The van der Waals surface area contributed by atoms with Gasteiger partial charge in [-0.05, 0) is 30.3 Å². The normalized spacial score (nSPS) is 19.9. The largest absolute Gasteiger partial charge is 0.503 e.